The van der Waals surface area contributed by atoms with Gasteiger partial charge in [-0.25, -0.2) is 0 Å². The number of aryl methyl sites for hydroxylation is 1. The first kappa shape index (κ1) is 12.0. The Morgan fingerprint density at radius 3 is 3.16 bits per heavy atom. The third-order valence-electron chi connectivity index (χ3n) is 3.15. The minimum absolute atomic E-state index is 0.268. The molecule has 100 valence electrons. The fraction of sp³-hybridized carbons (Fsp3) is 0.385. The number of benzene rings is 1. The van der Waals surface area contributed by atoms with Crippen molar-refractivity contribution in [3.8, 4) is 11.5 Å². The third-order valence-corrected chi connectivity index (χ3v) is 3.15. The van der Waals surface area contributed by atoms with E-state index in [2.05, 4.69) is 15.6 Å². The van der Waals surface area contributed by atoms with Gasteiger partial charge >= 0.3 is 0 Å². The number of ether oxygens (including phenoxy) is 2. The number of nitrogens with zero attached hydrogens (tertiary/aromatic N) is 3. The van der Waals surface area contributed by atoms with E-state index in [0.29, 0.717) is 13.2 Å². The molecule has 1 atom stereocenters. The molecule has 1 aromatic carbocycles. The number of likely N-dealkylation sites (N-methyl/N-ethyl adjacent to an activating group) is 1. The number of fused-ring (bicyclic) bond motifs is 1. The maximum Gasteiger partial charge on any atom is 0.134 e. The lowest BCUT2D eigenvalue weighted by Crippen LogP contribution is -2.17. The van der Waals surface area contributed by atoms with Crippen LogP contribution in [0.25, 0.3) is 0 Å². The zero-order chi connectivity index (χ0) is 13.2. The largest absolute Gasteiger partial charge is 0.491 e. The maximum absolute atomic E-state index is 5.68. The Labute approximate surface area is 111 Å². The molecule has 6 heteroatoms. The first-order chi connectivity index (χ1) is 9.26. The van der Waals surface area contributed by atoms with Crippen molar-refractivity contribution in [2.75, 3.05) is 13.7 Å². The van der Waals surface area contributed by atoms with Gasteiger partial charge in [-0.1, -0.05) is 5.21 Å². The summed E-state index contributed by atoms with van der Waals surface area (Å²) in [6.45, 7) is 1.07. The summed E-state index contributed by atoms with van der Waals surface area (Å²) in [6, 6.07) is 6.18. The van der Waals surface area contributed by atoms with Crippen molar-refractivity contribution < 1.29 is 9.47 Å². The highest BCUT2D eigenvalue weighted by atomic mass is 16.5. The zero-order valence-corrected chi connectivity index (χ0v) is 11.0. The van der Waals surface area contributed by atoms with E-state index in [9.17, 15) is 0 Å². The molecule has 0 saturated heterocycles. The Hall–Kier alpha value is -2.08. The molecular weight excluding hydrogens is 244 g/mol. The molecule has 6 nitrogen and oxygen atoms in total. The summed E-state index contributed by atoms with van der Waals surface area (Å²) >= 11 is 0. The van der Waals surface area contributed by atoms with Crippen LogP contribution in [-0.4, -0.2) is 28.6 Å². The Balaban J connectivity index is 1.69. The number of nitrogens with one attached hydrogen (secondary N) is 1. The predicted molar refractivity (Wildman–Crippen MR) is 69.1 cm³/mol. The van der Waals surface area contributed by atoms with Crippen molar-refractivity contribution in [2.24, 2.45) is 7.05 Å². The second kappa shape index (κ2) is 4.89. The standard InChI is InChI=1S/C13H16N4O2/c1-14-12-8-19-13-5-10(3-4-11(12)13)18-7-9-6-17(2)16-15-9/h3-6,12,14H,7-8H2,1-2H3. The summed E-state index contributed by atoms with van der Waals surface area (Å²) in [5.41, 5.74) is 1.98. The summed E-state index contributed by atoms with van der Waals surface area (Å²) < 4.78 is 13.0. The molecule has 0 amide bonds. The van der Waals surface area contributed by atoms with Crippen LogP contribution in [0.5, 0.6) is 11.5 Å². The van der Waals surface area contributed by atoms with E-state index in [4.69, 9.17) is 9.47 Å². The summed E-state index contributed by atoms with van der Waals surface area (Å²) in [6.07, 6.45) is 1.83. The second-order valence-electron chi connectivity index (χ2n) is 4.52. The van der Waals surface area contributed by atoms with Crippen molar-refractivity contribution in [3.05, 3.63) is 35.7 Å². The van der Waals surface area contributed by atoms with Crippen LogP contribution in [0.15, 0.2) is 24.4 Å². The summed E-state index contributed by atoms with van der Waals surface area (Å²) in [7, 11) is 3.76. The topological polar surface area (TPSA) is 61.2 Å². The molecule has 0 bridgehead atoms. The van der Waals surface area contributed by atoms with Gasteiger partial charge in [0.2, 0.25) is 0 Å². The van der Waals surface area contributed by atoms with E-state index in [-0.39, 0.29) is 6.04 Å². The van der Waals surface area contributed by atoms with E-state index in [1.165, 1.54) is 5.56 Å². The molecule has 1 unspecified atom stereocenters. The third kappa shape index (κ3) is 2.39. The normalized spacial score (nSPS) is 17.1. The van der Waals surface area contributed by atoms with E-state index in [1.807, 2.05) is 38.5 Å². The van der Waals surface area contributed by atoms with Crippen LogP contribution in [-0.2, 0) is 13.7 Å². The molecule has 1 aliphatic heterocycles. The minimum Gasteiger partial charge on any atom is -0.491 e. The molecule has 0 radical (unpaired) electrons. The smallest absolute Gasteiger partial charge is 0.134 e. The maximum atomic E-state index is 5.68. The average Bonchev–Trinajstić information content (AvgIpc) is 3.01. The van der Waals surface area contributed by atoms with Crippen LogP contribution in [0.2, 0.25) is 0 Å². The van der Waals surface area contributed by atoms with Crippen LogP contribution in [0, 0.1) is 0 Å². The second-order valence-corrected chi connectivity index (χ2v) is 4.52. The van der Waals surface area contributed by atoms with Crippen molar-refractivity contribution in [3.63, 3.8) is 0 Å². The summed E-state index contributed by atoms with van der Waals surface area (Å²) in [5, 5.41) is 11.1. The lowest BCUT2D eigenvalue weighted by Gasteiger charge is -2.08. The summed E-state index contributed by atoms with van der Waals surface area (Å²) in [5.74, 6) is 1.66. The Bertz CT molecular complexity index is 582. The van der Waals surface area contributed by atoms with E-state index in [1.54, 1.807) is 4.68 Å². The highest BCUT2D eigenvalue weighted by molar-refractivity contribution is 5.45. The molecule has 0 fully saturated rings. The van der Waals surface area contributed by atoms with Gasteiger partial charge in [-0.2, -0.15) is 0 Å². The van der Waals surface area contributed by atoms with Gasteiger partial charge in [0.05, 0.1) is 12.2 Å². The van der Waals surface area contributed by atoms with Gasteiger partial charge in [0.1, 0.15) is 30.4 Å². The van der Waals surface area contributed by atoms with E-state index >= 15 is 0 Å². The van der Waals surface area contributed by atoms with E-state index < -0.39 is 0 Å². The van der Waals surface area contributed by atoms with Crippen molar-refractivity contribution in [2.45, 2.75) is 12.6 Å². The number of hydrogen-bond acceptors (Lipinski definition) is 5. The molecule has 0 spiro atoms. The van der Waals surface area contributed by atoms with Gasteiger partial charge < -0.3 is 14.8 Å². The van der Waals surface area contributed by atoms with Crippen molar-refractivity contribution >= 4 is 0 Å². The molecule has 2 heterocycles. The first-order valence-electron chi connectivity index (χ1n) is 6.18. The van der Waals surface area contributed by atoms with Gasteiger partial charge in [-0.3, -0.25) is 4.68 Å². The molecule has 0 aliphatic carbocycles. The molecule has 0 saturated carbocycles. The van der Waals surface area contributed by atoms with Crippen LogP contribution in [0.1, 0.15) is 17.3 Å². The Morgan fingerprint density at radius 2 is 2.42 bits per heavy atom. The molecular formula is C13H16N4O2. The summed E-state index contributed by atoms with van der Waals surface area (Å²) in [4.78, 5) is 0. The molecule has 19 heavy (non-hydrogen) atoms. The molecule has 1 N–H and O–H groups in total. The highest BCUT2D eigenvalue weighted by Gasteiger charge is 2.22. The van der Waals surface area contributed by atoms with Crippen LogP contribution >= 0.6 is 0 Å². The molecule has 2 aromatic rings. The van der Waals surface area contributed by atoms with Gasteiger partial charge in [-0.15, -0.1) is 5.10 Å². The fourth-order valence-corrected chi connectivity index (χ4v) is 2.14. The zero-order valence-electron chi connectivity index (χ0n) is 11.0. The molecule has 3 rings (SSSR count). The first-order valence-corrected chi connectivity index (χ1v) is 6.18. The van der Waals surface area contributed by atoms with Gasteiger partial charge in [0.15, 0.2) is 0 Å². The van der Waals surface area contributed by atoms with Crippen molar-refractivity contribution in [1.82, 2.24) is 20.3 Å². The lowest BCUT2D eigenvalue weighted by atomic mass is 10.1. The lowest BCUT2D eigenvalue weighted by molar-refractivity contribution is 0.295. The van der Waals surface area contributed by atoms with Crippen LogP contribution in [0.4, 0.5) is 0 Å². The minimum atomic E-state index is 0.268. The van der Waals surface area contributed by atoms with Gasteiger partial charge in [0.25, 0.3) is 0 Å². The van der Waals surface area contributed by atoms with E-state index in [0.717, 1.165) is 17.2 Å². The Kier molecular flexibility index (Phi) is 3.08. The SMILES string of the molecule is CNC1COc2cc(OCc3cn(C)nn3)ccc21. The molecule has 1 aromatic heterocycles. The van der Waals surface area contributed by atoms with Gasteiger partial charge in [-0.05, 0) is 19.2 Å². The van der Waals surface area contributed by atoms with Crippen LogP contribution < -0.4 is 14.8 Å². The molecule has 1 aliphatic rings. The Morgan fingerprint density at radius 1 is 1.53 bits per heavy atom. The van der Waals surface area contributed by atoms with Crippen molar-refractivity contribution in [1.29, 1.82) is 0 Å². The number of aromatic nitrogens is 3. The van der Waals surface area contributed by atoms with Gasteiger partial charge in [0, 0.05) is 18.7 Å². The highest BCUT2D eigenvalue weighted by Crippen LogP contribution is 2.35. The average molecular weight is 260 g/mol. The number of hydrogen-bond donors (Lipinski definition) is 1. The van der Waals surface area contributed by atoms with Crippen LogP contribution in [0.3, 0.4) is 0 Å². The monoisotopic (exact) mass is 260 g/mol. The number of rotatable bonds is 4. The fourth-order valence-electron chi connectivity index (χ4n) is 2.14. The predicted octanol–water partition coefficient (Wildman–Crippen LogP) is 1.05. The quantitative estimate of drug-likeness (QED) is 0.890.